The Balaban J connectivity index is 2.91. The average Bonchev–Trinajstić information content (AvgIpc) is 2.12. The molecule has 0 unspecified atom stereocenters. The molecule has 1 nitrogen and oxygen atoms in total. The van der Waals surface area contributed by atoms with Crippen molar-refractivity contribution in [3.05, 3.63) is 38.5 Å². The van der Waals surface area contributed by atoms with Gasteiger partial charge in [-0.1, -0.05) is 12.1 Å². The molecular formula is C9H5BrIN. The molecule has 0 N–H and O–H groups in total. The summed E-state index contributed by atoms with van der Waals surface area (Å²) in [6.45, 7) is 0. The molecule has 1 heterocycles. The van der Waals surface area contributed by atoms with Gasteiger partial charge in [0.25, 0.3) is 0 Å². The van der Waals surface area contributed by atoms with Crippen LogP contribution >= 0.6 is 38.5 Å². The van der Waals surface area contributed by atoms with Crippen LogP contribution in [0.3, 0.4) is 0 Å². The van der Waals surface area contributed by atoms with Gasteiger partial charge in [-0.05, 0) is 50.7 Å². The van der Waals surface area contributed by atoms with Crippen molar-refractivity contribution in [1.29, 1.82) is 0 Å². The van der Waals surface area contributed by atoms with E-state index in [0.717, 1.165) is 9.99 Å². The Labute approximate surface area is 92.5 Å². The third kappa shape index (κ3) is 1.35. The molecule has 2 aromatic rings. The summed E-state index contributed by atoms with van der Waals surface area (Å²) < 4.78 is 2.28. The molecule has 0 fully saturated rings. The third-order valence-corrected chi connectivity index (χ3v) is 4.11. The maximum Gasteiger partial charge on any atom is 0.0854 e. The van der Waals surface area contributed by atoms with Gasteiger partial charge in [0.1, 0.15) is 0 Å². The summed E-state index contributed by atoms with van der Waals surface area (Å²) in [6, 6.07) is 8.16. The van der Waals surface area contributed by atoms with Crippen molar-refractivity contribution in [2.75, 3.05) is 0 Å². The summed E-state index contributed by atoms with van der Waals surface area (Å²) in [5.74, 6) is 0. The smallest absolute Gasteiger partial charge is 0.0854 e. The van der Waals surface area contributed by atoms with E-state index in [-0.39, 0.29) is 0 Å². The quantitative estimate of drug-likeness (QED) is 0.671. The molecule has 0 bridgehead atoms. The van der Waals surface area contributed by atoms with Crippen LogP contribution in [-0.4, -0.2) is 4.98 Å². The van der Waals surface area contributed by atoms with Gasteiger partial charge in [-0.3, -0.25) is 4.98 Å². The minimum Gasteiger partial charge on any atom is -0.255 e. The Morgan fingerprint density at radius 3 is 2.92 bits per heavy atom. The fourth-order valence-corrected chi connectivity index (χ4v) is 1.98. The molecule has 0 radical (unpaired) electrons. The molecule has 12 heavy (non-hydrogen) atoms. The van der Waals surface area contributed by atoms with E-state index in [1.807, 2.05) is 12.3 Å². The summed E-state index contributed by atoms with van der Waals surface area (Å²) in [7, 11) is 0. The van der Waals surface area contributed by atoms with Crippen LogP contribution in [0.5, 0.6) is 0 Å². The zero-order chi connectivity index (χ0) is 8.55. The first kappa shape index (κ1) is 8.44. The summed E-state index contributed by atoms with van der Waals surface area (Å²) in [5.41, 5.74) is 1.03. The van der Waals surface area contributed by atoms with Gasteiger partial charge in [0.05, 0.1) is 9.99 Å². The Hall–Kier alpha value is -0.160. The van der Waals surface area contributed by atoms with Gasteiger partial charge in [0.15, 0.2) is 0 Å². The van der Waals surface area contributed by atoms with Crippen molar-refractivity contribution in [2.24, 2.45) is 0 Å². The maximum atomic E-state index is 4.29. The monoisotopic (exact) mass is 333 g/mol. The van der Waals surface area contributed by atoms with Crippen LogP contribution in [-0.2, 0) is 0 Å². The molecule has 3 heteroatoms. The number of hydrogen-bond acceptors (Lipinski definition) is 1. The molecule has 0 amide bonds. The van der Waals surface area contributed by atoms with E-state index in [1.54, 1.807) is 0 Å². The lowest BCUT2D eigenvalue weighted by Crippen LogP contribution is -1.81. The van der Waals surface area contributed by atoms with Gasteiger partial charge < -0.3 is 0 Å². The molecule has 1 aromatic heterocycles. The molecule has 0 saturated heterocycles. The second-order valence-corrected chi connectivity index (χ2v) is 4.39. The van der Waals surface area contributed by atoms with Crippen LogP contribution in [0.2, 0.25) is 0 Å². The normalized spacial score (nSPS) is 10.5. The van der Waals surface area contributed by atoms with Crippen molar-refractivity contribution in [1.82, 2.24) is 4.98 Å². The first-order valence-electron chi connectivity index (χ1n) is 3.48. The predicted octanol–water partition coefficient (Wildman–Crippen LogP) is 3.60. The lowest BCUT2D eigenvalue weighted by molar-refractivity contribution is 1.39. The number of pyridine rings is 1. The van der Waals surface area contributed by atoms with Gasteiger partial charge in [-0.2, -0.15) is 0 Å². The summed E-state index contributed by atoms with van der Waals surface area (Å²) in [5, 5.41) is 1.17. The molecule has 2 rings (SSSR count). The highest BCUT2D eigenvalue weighted by Crippen LogP contribution is 2.26. The average molecular weight is 334 g/mol. The lowest BCUT2D eigenvalue weighted by Gasteiger charge is -2.00. The van der Waals surface area contributed by atoms with Crippen molar-refractivity contribution in [3.63, 3.8) is 0 Å². The highest BCUT2D eigenvalue weighted by Gasteiger charge is 2.01. The molecule has 0 atom stereocenters. The lowest BCUT2D eigenvalue weighted by atomic mass is 10.2. The molecule has 0 spiro atoms. The van der Waals surface area contributed by atoms with Gasteiger partial charge in [-0.15, -0.1) is 0 Å². The van der Waals surface area contributed by atoms with Crippen molar-refractivity contribution in [2.45, 2.75) is 0 Å². The number of fused-ring (bicyclic) bond motifs is 1. The summed E-state index contributed by atoms with van der Waals surface area (Å²) in [6.07, 6.45) is 1.81. The van der Waals surface area contributed by atoms with E-state index < -0.39 is 0 Å². The standard InChI is InChI=1S/C9H5BrIN/c10-8-7(11)4-3-6-2-1-5-12-9(6)8/h1-5H. The van der Waals surface area contributed by atoms with E-state index in [4.69, 9.17) is 0 Å². The minimum absolute atomic E-state index is 1.03. The highest BCUT2D eigenvalue weighted by molar-refractivity contribution is 14.1. The minimum atomic E-state index is 1.03. The Morgan fingerprint density at radius 2 is 2.08 bits per heavy atom. The van der Waals surface area contributed by atoms with Gasteiger partial charge in [-0.25, -0.2) is 0 Å². The maximum absolute atomic E-state index is 4.29. The topological polar surface area (TPSA) is 12.9 Å². The Bertz CT molecular complexity index is 428. The van der Waals surface area contributed by atoms with E-state index in [1.165, 1.54) is 8.96 Å². The number of hydrogen-bond donors (Lipinski definition) is 0. The van der Waals surface area contributed by atoms with Crippen LogP contribution in [0, 0.1) is 3.57 Å². The van der Waals surface area contributed by atoms with Crippen LogP contribution in [0.1, 0.15) is 0 Å². The Kier molecular flexibility index (Phi) is 2.32. The summed E-state index contributed by atoms with van der Waals surface area (Å²) in [4.78, 5) is 4.29. The van der Waals surface area contributed by atoms with E-state index in [2.05, 4.69) is 61.7 Å². The van der Waals surface area contributed by atoms with Crippen LogP contribution in [0.4, 0.5) is 0 Å². The van der Waals surface area contributed by atoms with E-state index in [9.17, 15) is 0 Å². The summed E-state index contributed by atoms with van der Waals surface area (Å²) >= 11 is 5.80. The molecule has 60 valence electrons. The number of benzene rings is 1. The van der Waals surface area contributed by atoms with Gasteiger partial charge in [0.2, 0.25) is 0 Å². The van der Waals surface area contributed by atoms with Gasteiger partial charge >= 0.3 is 0 Å². The molecular weight excluding hydrogens is 329 g/mol. The first-order valence-corrected chi connectivity index (χ1v) is 5.35. The van der Waals surface area contributed by atoms with Crippen LogP contribution in [0.25, 0.3) is 10.9 Å². The van der Waals surface area contributed by atoms with Crippen molar-refractivity contribution >= 4 is 49.4 Å². The van der Waals surface area contributed by atoms with Crippen LogP contribution in [0.15, 0.2) is 34.9 Å². The largest absolute Gasteiger partial charge is 0.255 e. The molecule has 0 saturated carbocycles. The SMILES string of the molecule is Brc1c(I)ccc2cccnc12. The third-order valence-electron chi connectivity index (χ3n) is 1.67. The highest BCUT2D eigenvalue weighted by atomic mass is 127. The fraction of sp³-hybridized carbons (Fsp3) is 0. The first-order chi connectivity index (χ1) is 5.79. The second kappa shape index (κ2) is 3.30. The van der Waals surface area contributed by atoms with E-state index >= 15 is 0 Å². The number of aromatic nitrogens is 1. The second-order valence-electron chi connectivity index (χ2n) is 2.44. The van der Waals surface area contributed by atoms with Crippen LogP contribution < -0.4 is 0 Å². The van der Waals surface area contributed by atoms with Crippen molar-refractivity contribution < 1.29 is 0 Å². The zero-order valence-electron chi connectivity index (χ0n) is 6.09. The molecule has 1 aromatic carbocycles. The predicted molar refractivity (Wildman–Crippen MR) is 62.2 cm³/mol. The fourth-order valence-electron chi connectivity index (χ4n) is 1.08. The molecule has 0 aliphatic rings. The number of nitrogens with zero attached hydrogens (tertiary/aromatic N) is 1. The van der Waals surface area contributed by atoms with Gasteiger partial charge in [0, 0.05) is 15.2 Å². The zero-order valence-corrected chi connectivity index (χ0v) is 9.83. The number of halogens is 2. The number of rotatable bonds is 0. The van der Waals surface area contributed by atoms with Crippen molar-refractivity contribution in [3.8, 4) is 0 Å². The molecule has 0 aliphatic heterocycles. The Morgan fingerprint density at radius 1 is 1.25 bits per heavy atom. The van der Waals surface area contributed by atoms with E-state index in [0.29, 0.717) is 0 Å². The molecule has 0 aliphatic carbocycles.